The molecule has 0 atom stereocenters. The van der Waals surface area contributed by atoms with Gasteiger partial charge in [0.25, 0.3) is 5.56 Å². The summed E-state index contributed by atoms with van der Waals surface area (Å²) in [7, 11) is 0. The lowest BCUT2D eigenvalue weighted by Gasteiger charge is -2.07. The van der Waals surface area contributed by atoms with Gasteiger partial charge in [-0.1, -0.05) is 53.2 Å². The molecule has 0 saturated heterocycles. The standard InChI is InChI=1S/C25H17N5O2/c1-15-7-9-20-18(11-15)25(32)30-22-10-8-16(12-19(22)23(31)24(30)26-20)13-29-14-21(27-28-29)17-5-3-2-4-6-17/h2-12,14H,13H2,1H3. The zero-order valence-electron chi connectivity index (χ0n) is 17.2. The van der Waals surface area contributed by atoms with E-state index in [2.05, 4.69) is 15.3 Å². The van der Waals surface area contributed by atoms with Crippen molar-refractivity contribution in [2.75, 3.05) is 0 Å². The van der Waals surface area contributed by atoms with Crippen molar-refractivity contribution in [3.63, 3.8) is 0 Å². The molecule has 0 fully saturated rings. The minimum atomic E-state index is -0.245. The van der Waals surface area contributed by atoms with Crippen molar-refractivity contribution in [3.8, 4) is 16.9 Å². The number of carbonyl (C=O) groups excluding carboxylic acids is 1. The highest BCUT2D eigenvalue weighted by Crippen LogP contribution is 2.28. The van der Waals surface area contributed by atoms with E-state index >= 15 is 0 Å². The number of benzene rings is 3. The minimum absolute atomic E-state index is 0.158. The molecular formula is C25H17N5O2. The maximum atomic E-state index is 13.1. The molecule has 0 unspecified atom stereocenters. The highest BCUT2D eigenvalue weighted by Gasteiger charge is 2.30. The van der Waals surface area contributed by atoms with Crippen molar-refractivity contribution in [1.82, 2.24) is 24.5 Å². The van der Waals surface area contributed by atoms with Gasteiger partial charge in [0, 0.05) is 5.56 Å². The molecule has 7 heteroatoms. The molecule has 1 aliphatic rings. The third-order valence-corrected chi connectivity index (χ3v) is 5.73. The van der Waals surface area contributed by atoms with Crippen LogP contribution in [0.4, 0.5) is 0 Å². The third-order valence-electron chi connectivity index (χ3n) is 5.73. The Balaban J connectivity index is 1.38. The van der Waals surface area contributed by atoms with Crippen LogP contribution in [0, 0.1) is 6.92 Å². The van der Waals surface area contributed by atoms with Gasteiger partial charge in [0.15, 0.2) is 5.82 Å². The number of nitrogens with zero attached hydrogens (tertiary/aromatic N) is 5. The quantitative estimate of drug-likeness (QED) is 0.438. The van der Waals surface area contributed by atoms with Crippen LogP contribution in [0.3, 0.4) is 0 Å². The molecule has 3 heterocycles. The van der Waals surface area contributed by atoms with Crippen molar-refractivity contribution >= 4 is 16.7 Å². The van der Waals surface area contributed by atoms with Gasteiger partial charge in [-0.15, -0.1) is 5.10 Å². The average molecular weight is 419 g/mol. The van der Waals surface area contributed by atoms with E-state index in [-0.39, 0.29) is 17.2 Å². The summed E-state index contributed by atoms with van der Waals surface area (Å²) >= 11 is 0. The van der Waals surface area contributed by atoms with Gasteiger partial charge in [-0.2, -0.15) is 0 Å². The highest BCUT2D eigenvalue weighted by molar-refractivity contribution is 6.13. The van der Waals surface area contributed by atoms with Crippen LogP contribution in [-0.2, 0) is 6.54 Å². The number of hydrogen-bond acceptors (Lipinski definition) is 5. The molecule has 0 bridgehead atoms. The predicted molar refractivity (Wildman–Crippen MR) is 120 cm³/mol. The Morgan fingerprint density at radius 1 is 0.938 bits per heavy atom. The maximum Gasteiger partial charge on any atom is 0.266 e. The Kier molecular flexibility index (Phi) is 3.91. The van der Waals surface area contributed by atoms with Crippen LogP contribution in [0.25, 0.3) is 27.8 Å². The molecule has 0 radical (unpaired) electrons. The van der Waals surface area contributed by atoms with E-state index < -0.39 is 0 Å². The Labute approximate surface area is 182 Å². The zero-order chi connectivity index (χ0) is 21.8. The smallest absolute Gasteiger partial charge is 0.266 e. The number of aromatic nitrogens is 5. The lowest BCUT2D eigenvalue weighted by Crippen LogP contribution is -2.21. The lowest BCUT2D eigenvalue weighted by molar-refractivity contribution is 0.103. The molecule has 2 aromatic heterocycles. The van der Waals surface area contributed by atoms with E-state index in [0.717, 1.165) is 22.4 Å². The second kappa shape index (κ2) is 6.81. The van der Waals surface area contributed by atoms with E-state index in [4.69, 9.17) is 0 Å². The van der Waals surface area contributed by atoms with E-state index in [0.29, 0.717) is 28.7 Å². The van der Waals surface area contributed by atoms with Crippen LogP contribution in [-0.4, -0.2) is 30.3 Å². The number of hydrogen-bond donors (Lipinski definition) is 0. The van der Waals surface area contributed by atoms with E-state index in [1.807, 2.05) is 67.7 Å². The van der Waals surface area contributed by atoms with Crippen LogP contribution in [0.2, 0.25) is 0 Å². The molecule has 154 valence electrons. The van der Waals surface area contributed by atoms with Crippen molar-refractivity contribution in [1.29, 1.82) is 0 Å². The van der Waals surface area contributed by atoms with Crippen LogP contribution in [0.5, 0.6) is 0 Å². The summed E-state index contributed by atoms with van der Waals surface area (Å²) in [5.74, 6) is -0.0874. The fraction of sp³-hybridized carbons (Fsp3) is 0.0800. The molecule has 0 N–H and O–H groups in total. The van der Waals surface area contributed by atoms with E-state index in [1.54, 1.807) is 16.8 Å². The number of carbonyl (C=O) groups is 1. The number of ketones is 1. The highest BCUT2D eigenvalue weighted by atomic mass is 16.1. The predicted octanol–water partition coefficient (Wildman–Crippen LogP) is 3.55. The fourth-order valence-electron chi connectivity index (χ4n) is 4.16. The second-order valence-corrected chi connectivity index (χ2v) is 7.94. The first-order valence-electron chi connectivity index (χ1n) is 10.3. The summed E-state index contributed by atoms with van der Waals surface area (Å²) < 4.78 is 3.16. The van der Waals surface area contributed by atoms with Gasteiger partial charge < -0.3 is 0 Å². The Bertz CT molecular complexity index is 1600. The molecule has 6 rings (SSSR count). The number of fused-ring (bicyclic) bond motifs is 4. The van der Waals surface area contributed by atoms with E-state index in [9.17, 15) is 9.59 Å². The van der Waals surface area contributed by atoms with Gasteiger partial charge in [-0.25, -0.2) is 9.67 Å². The first kappa shape index (κ1) is 18.4. The van der Waals surface area contributed by atoms with Gasteiger partial charge in [0.1, 0.15) is 5.69 Å². The minimum Gasteiger partial charge on any atom is -0.285 e. The summed E-state index contributed by atoms with van der Waals surface area (Å²) in [5.41, 5.74) is 4.99. The summed E-state index contributed by atoms with van der Waals surface area (Å²) in [4.78, 5) is 30.7. The molecule has 3 aromatic carbocycles. The molecule has 5 aromatic rings. The van der Waals surface area contributed by atoms with Crippen molar-refractivity contribution < 1.29 is 4.79 Å². The van der Waals surface area contributed by atoms with Crippen LogP contribution < -0.4 is 5.56 Å². The maximum absolute atomic E-state index is 13.1. The average Bonchev–Trinajstić information content (AvgIpc) is 3.38. The van der Waals surface area contributed by atoms with Gasteiger partial charge in [0.2, 0.25) is 5.78 Å². The first-order valence-corrected chi connectivity index (χ1v) is 10.3. The summed E-state index contributed by atoms with van der Waals surface area (Å²) in [5, 5.41) is 8.97. The summed E-state index contributed by atoms with van der Waals surface area (Å²) in [6.45, 7) is 2.38. The first-order chi connectivity index (χ1) is 15.6. The molecule has 32 heavy (non-hydrogen) atoms. The molecule has 0 saturated carbocycles. The molecule has 0 spiro atoms. The molecule has 7 nitrogen and oxygen atoms in total. The zero-order valence-corrected chi connectivity index (χ0v) is 17.2. The van der Waals surface area contributed by atoms with Crippen molar-refractivity contribution in [2.24, 2.45) is 0 Å². The van der Waals surface area contributed by atoms with Crippen LogP contribution in [0.15, 0.2) is 77.7 Å². The molecule has 0 aliphatic carbocycles. The molecular weight excluding hydrogens is 402 g/mol. The summed E-state index contributed by atoms with van der Waals surface area (Å²) in [6.07, 6.45) is 1.88. The van der Waals surface area contributed by atoms with Gasteiger partial charge in [-0.3, -0.25) is 14.2 Å². The van der Waals surface area contributed by atoms with Gasteiger partial charge in [-0.05, 0) is 36.8 Å². The fourth-order valence-corrected chi connectivity index (χ4v) is 4.16. The topological polar surface area (TPSA) is 82.7 Å². The largest absolute Gasteiger partial charge is 0.285 e. The van der Waals surface area contributed by atoms with Crippen LogP contribution in [0.1, 0.15) is 27.3 Å². The molecule has 0 amide bonds. The Morgan fingerprint density at radius 3 is 2.62 bits per heavy atom. The molecule has 1 aliphatic heterocycles. The SMILES string of the molecule is Cc1ccc2nc3n(c(=O)c2c1)-c1ccc(Cn2cc(-c4ccccc4)nn2)cc1C3=O. The Morgan fingerprint density at radius 2 is 1.78 bits per heavy atom. The van der Waals surface area contributed by atoms with Crippen molar-refractivity contribution in [2.45, 2.75) is 13.5 Å². The monoisotopic (exact) mass is 419 g/mol. The second-order valence-electron chi connectivity index (χ2n) is 7.94. The van der Waals surface area contributed by atoms with Gasteiger partial charge in [0.05, 0.1) is 34.9 Å². The van der Waals surface area contributed by atoms with Crippen molar-refractivity contribution in [3.05, 3.63) is 106 Å². The normalized spacial score (nSPS) is 12.2. The Hall–Kier alpha value is -4.39. The van der Waals surface area contributed by atoms with Gasteiger partial charge >= 0.3 is 0 Å². The summed E-state index contributed by atoms with van der Waals surface area (Å²) in [6, 6.07) is 20.8. The number of aryl methyl sites for hydroxylation is 1. The number of rotatable bonds is 3. The lowest BCUT2D eigenvalue weighted by atomic mass is 10.1. The third kappa shape index (κ3) is 2.79. The van der Waals surface area contributed by atoms with Crippen LogP contribution >= 0.6 is 0 Å². The van der Waals surface area contributed by atoms with E-state index in [1.165, 1.54) is 4.57 Å².